The lowest BCUT2D eigenvalue weighted by atomic mass is 9.85. The molecule has 0 bridgehead atoms. The molecule has 9 nitrogen and oxygen atoms in total. The number of hydrogen-bond donors (Lipinski definition) is 4. The summed E-state index contributed by atoms with van der Waals surface area (Å²) in [6, 6.07) is 1.71. The minimum atomic E-state index is -0.792. The van der Waals surface area contributed by atoms with Crippen molar-refractivity contribution in [2.24, 2.45) is 0 Å². The van der Waals surface area contributed by atoms with E-state index in [1.165, 1.54) is 0 Å². The number of carbonyl (C=O) groups is 1. The minimum absolute atomic E-state index is 0.200. The number of nitrogens with one attached hydrogen (secondary N) is 3. The largest absolute Gasteiger partial charge is 0.496 e. The van der Waals surface area contributed by atoms with Gasteiger partial charge >= 0.3 is 5.69 Å². The van der Waals surface area contributed by atoms with Gasteiger partial charge in [-0.15, -0.1) is 0 Å². The fraction of sp³-hybridized carbons (Fsp3) is 0.389. The molecule has 1 aromatic carbocycles. The first-order chi connectivity index (χ1) is 12.8. The SMILES string of the molecule is COc1cc(C)c(OC)c2c1CC(NC(=O)c1[nH]c(=O)[nH]c(=O)c1N)CC2. The summed E-state index contributed by atoms with van der Waals surface area (Å²) in [6.45, 7) is 1.96. The van der Waals surface area contributed by atoms with Gasteiger partial charge < -0.3 is 25.5 Å². The molecule has 1 unspecified atom stereocenters. The Balaban J connectivity index is 1.88. The van der Waals surface area contributed by atoms with Gasteiger partial charge in [0.05, 0.1) is 14.2 Å². The number of aromatic nitrogens is 2. The van der Waals surface area contributed by atoms with Crippen LogP contribution in [-0.4, -0.2) is 36.1 Å². The maximum absolute atomic E-state index is 12.5. The Morgan fingerprint density at radius 3 is 2.63 bits per heavy atom. The first-order valence-electron chi connectivity index (χ1n) is 8.52. The first-order valence-corrected chi connectivity index (χ1v) is 8.52. The van der Waals surface area contributed by atoms with E-state index in [2.05, 4.69) is 10.3 Å². The van der Waals surface area contributed by atoms with E-state index in [1.54, 1.807) is 14.2 Å². The van der Waals surface area contributed by atoms with Gasteiger partial charge in [0.25, 0.3) is 11.5 Å². The van der Waals surface area contributed by atoms with Crippen molar-refractivity contribution in [1.82, 2.24) is 15.3 Å². The summed E-state index contributed by atoms with van der Waals surface area (Å²) < 4.78 is 11.0. The molecule has 0 fully saturated rings. The Morgan fingerprint density at radius 1 is 1.22 bits per heavy atom. The van der Waals surface area contributed by atoms with Crippen molar-refractivity contribution in [1.29, 1.82) is 0 Å². The summed E-state index contributed by atoms with van der Waals surface area (Å²) in [5.41, 5.74) is 6.53. The molecule has 1 aliphatic rings. The number of fused-ring (bicyclic) bond motifs is 1. The lowest BCUT2D eigenvalue weighted by Gasteiger charge is -2.29. The topological polar surface area (TPSA) is 139 Å². The standard InChI is InChI=1S/C18H22N4O5/c1-8-6-12(26-2)11-7-9(4-5-10(11)15(8)27-3)20-17(24)14-13(19)16(23)22-18(25)21-14/h6,9H,4-5,7,19H2,1-3H3,(H,20,24)(H2,21,22,23,25). The smallest absolute Gasteiger partial charge is 0.326 e. The quantitative estimate of drug-likeness (QED) is 0.605. The fourth-order valence-electron chi connectivity index (χ4n) is 3.55. The molecule has 0 radical (unpaired) electrons. The number of amides is 1. The van der Waals surface area contributed by atoms with Crippen LogP contribution in [0.4, 0.5) is 5.69 Å². The average Bonchev–Trinajstić information content (AvgIpc) is 2.64. The van der Waals surface area contributed by atoms with Crippen LogP contribution in [0.1, 0.15) is 33.6 Å². The number of H-pyrrole nitrogens is 2. The van der Waals surface area contributed by atoms with E-state index in [-0.39, 0.29) is 17.4 Å². The predicted octanol–water partition coefficient (Wildman–Crippen LogP) is 0.258. The van der Waals surface area contributed by atoms with Gasteiger partial charge in [0, 0.05) is 17.2 Å². The summed E-state index contributed by atoms with van der Waals surface area (Å²) in [5, 5.41) is 2.84. The van der Waals surface area contributed by atoms with E-state index in [1.807, 2.05) is 18.0 Å². The summed E-state index contributed by atoms with van der Waals surface area (Å²) in [5.74, 6) is 0.979. The zero-order valence-corrected chi connectivity index (χ0v) is 15.4. The summed E-state index contributed by atoms with van der Waals surface area (Å²) in [4.78, 5) is 39.8. The number of hydrogen-bond acceptors (Lipinski definition) is 6. The minimum Gasteiger partial charge on any atom is -0.496 e. The highest BCUT2D eigenvalue weighted by molar-refractivity contribution is 5.97. The Labute approximate surface area is 154 Å². The van der Waals surface area contributed by atoms with Crippen molar-refractivity contribution in [2.75, 3.05) is 20.0 Å². The van der Waals surface area contributed by atoms with Gasteiger partial charge in [0.2, 0.25) is 0 Å². The lowest BCUT2D eigenvalue weighted by Crippen LogP contribution is -2.41. The number of rotatable bonds is 4. The predicted molar refractivity (Wildman–Crippen MR) is 99.7 cm³/mol. The maximum atomic E-state index is 12.5. The molecular formula is C18H22N4O5. The fourth-order valence-corrected chi connectivity index (χ4v) is 3.55. The van der Waals surface area contributed by atoms with Crippen LogP contribution < -0.4 is 31.8 Å². The number of ether oxygens (including phenoxy) is 2. The molecule has 1 aromatic heterocycles. The third kappa shape index (κ3) is 3.40. The molecule has 0 spiro atoms. The van der Waals surface area contributed by atoms with Gasteiger partial charge in [-0.2, -0.15) is 0 Å². The number of anilines is 1. The molecular weight excluding hydrogens is 352 g/mol. The Morgan fingerprint density at radius 2 is 1.96 bits per heavy atom. The van der Waals surface area contributed by atoms with Crippen molar-refractivity contribution in [3.8, 4) is 11.5 Å². The van der Waals surface area contributed by atoms with Crippen molar-refractivity contribution >= 4 is 11.6 Å². The third-order valence-corrected chi connectivity index (χ3v) is 4.80. The van der Waals surface area contributed by atoms with Gasteiger partial charge in [-0.1, -0.05) is 0 Å². The van der Waals surface area contributed by atoms with Crippen LogP contribution in [0, 0.1) is 6.92 Å². The van der Waals surface area contributed by atoms with Crippen LogP contribution in [0.15, 0.2) is 15.7 Å². The Kier molecular flexibility index (Phi) is 4.93. The highest BCUT2D eigenvalue weighted by Crippen LogP contribution is 2.38. The second-order valence-corrected chi connectivity index (χ2v) is 6.50. The molecule has 1 aliphatic carbocycles. The maximum Gasteiger partial charge on any atom is 0.326 e. The van der Waals surface area contributed by atoms with E-state index in [0.717, 1.165) is 28.2 Å². The molecule has 27 heavy (non-hydrogen) atoms. The van der Waals surface area contributed by atoms with E-state index < -0.39 is 17.2 Å². The number of nitrogens with two attached hydrogens (primary N) is 1. The van der Waals surface area contributed by atoms with Crippen LogP contribution in [0.5, 0.6) is 11.5 Å². The molecule has 2 aromatic rings. The van der Waals surface area contributed by atoms with Gasteiger partial charge in [-0.3, -0.25) is 14.6 Å². The van der Waals surface area contributed by atoms with Crippen LogP contribution in [0.2, 0.25) is 0 Å². The molecule has 0 saturated carbocycles. The monoisotopic (exact) mass is 374 g/mol. The van der Waals surface area contributed by atoms with Crippen LogP contribution >= 0.6 is 0 Å². The summed E-state index contributed by atoms with van der Waals surface area (Å²) >= 11 is 0. The van der Waals surface area contributed by atoms with E-state index in [4.69, 9.17) is 15.2 Å². The van der Waals surface area contributed by atoms with Crippen molar-refractivity contribution < 1.29 is 14.3 Å². The number of benzene rings is 1. The zero-order valence-electron chi connectivity index (χ0n) is 15.4. The van der Waals surface area contributed by atoms with Crippen LogP contribution in [0.3, 0.4) is 0 Å². The normalized spacial score (nSPS) is 15.7. The molecule has 9 heteroatoms. The van der Waals surface area contributed by atoms with Crippen LogP contribution in [0.25, 0.3) is 0 Å². The van der Waals surface area contributed by atoms with E-state index >= 15 is 0 Å². The highest BCUT2D eigenvalue weighted by atomic mass is 16.5. The lowest BCUT2D eigenvalue weighted by molar-refractivity contribution is 0.0928. The number of carbonyl (C=O) groups excluding carboxylic acids is 1. The van der Waals surface area contributed by atoms with Crippen molar-refractivity contribution in [2.45, 2.75) is 32.2 Å². The number of nitrogen functional groups attached to an aromatic ring is 1. The average molecular weight is 374 g/mol. The first kappa shape index (κ1) is 18.6. The van der Waals surface area contributed by atoms with E-state index in [9.17, 15) is 14.4 Å². The van der Waals surface area contributed by atoms with Gasteiger partial charge in [-0.25, -0.2) is 4.79 Å². The molecule has 1 heterocycles. The molecule has 1 atom stereocenters. The van der Waals surface area contributed by atoms with Gasteiger partial charge in [-0.05, 0) is 37.8 Å². The van der Waals surface area contributed by atoms with Gasteiger partial charge in [0.1, 0.15) is 22.9 Å². The van der Waals surface area contributed by atoms with Gasteiger partial charge in [0.15, 0.2) is 0 Å². The molecule has 1 amide bonds. The third-order valence-electron chi connectivity index (χ3n) is 4.80. The molecule has 5 N–H and O–H groups in total. The second kappa shape index (κ2) is 7.18. The highest BCUT2D eigenvalue weighted by Gasteiger charge is 2.28. The summed E-state index contributed by atoms with van der Waals surface area (Å²) in [7, 11) is 3.24. The van der Waals surface area contributed by atoms with Crippen molar-refractivity contribution in [3.63, 3.8) is 0 Å². The second-order valence-electron chi connectivity index (χ2n) is 6.50. The van der Waals surface area contributed by atoms with Crippen LogP contribution in [-0.2, 0) is 12.8 Å². The zero-order chi connectivity index (χ0) is 19.7. The molecule has 3 rings (SSSR count). The summed E-state index contributed by atoms with van der Waals surface area (Å²) in [6.07, 6.45) is 1.91. The number of methoxy groups -OCH3 is 2. The Hall–Kier alpha value is -3.23. The molecule has 0 aliphatic heterocycles. The Bertz CT molecular complexity index is 1010. The molecule has 0 saturated heterocycles. The number of aryl methyl sites for hydroxylation is 1. The van der Waals surface area contributed by atoms with Crippen molar-refractivity contribution in [3.05, 3.63) is 49.3 Å². The molecule has 144 valence electrons. The number of aromatic amines is 2. The van der Waals surface area contributed by atoms with E-state index in [0.29, 0.717) is 19.3 Å².